The van der Waals surface area contributed by atoms with Crippen LogP contribution in [0.4, 0.5) is 0 Å². The van der Waals surface area contributed by atoms with E-state index >= 15 is 0 Å². The standard InChI is InChI=1S/C18H29NOS/c1-3-5-13-19(14-6-4-2)18(20)12-15-21-16-17-10-8-7-9-11-17/h7-11H,3-6,12-16H2,1-2H3. The topological polar surface area (TPSA) is 20.3 Å². The first-order chi connectivity index (χ1) is 10.3. The molecule has 0 spiro atoms. The zero-order chi connectivity index (χ0) is 15.3. The summed E-state index contributed by atoms with van der Waals surface area (Å²) in [6.07, 6.45) is 5.21. The quantitative estimate of drug-likeness (QED) is 0.550. The minimum atomic E-state index is 0.331. The molecule has 0 aromatic heterocycles. The predicted molar refractivity (Wildman–Crippen MR) is 93.6 cm³/mol. The van der Waals surface area contributed by atoms with Gasteiger partial charge >= 0.3 is 0 Å². The molecule has 0 atom stereocenters. The molecule has 1 aromatic rings. The van der Waals surface area contributed by atoms with Gasteiger partial charge in [-0.2, -0.15) is 11.8 Å². The Kier molecular flexibility index (Phi) is 10.1. The molecule has 0 aliphatic carbocycles. The molecule has 1 rings (SSSR count). The van der Waals surface area contributed by atoms with Crippen molar-refractivity contribution in [3.8, 4) is 0 Å². The van der Waals surface area contributed by atoms with Gasteiger partial charge in [0.15, 0.2) is 0 Å². The number of hydrogen-bond acceptors (Lipinski definition) is 2. The Morgan fingerprint density at radius 2 is 1.67 bits per heavy atom. The van der Waals surface area contributed by atoms with Crippen molar-refractivity contribution in [3.63, 3.8) is 0 Å². The van der Waals surface area contributed by atoms with E-state index in [9.17, 15) is 4.79 Å². The number of amides is 1. The zero-order valence-electron chi connectivity index (χ0n) is 13.5. The van der Waals surface area contributed by atoms with Gasteiger partial charge in [-0.05, 0) is 18.4 Å². The van der Waals surface area contributed by atoms with E-state index in [0.717, 1.165) is 50.3 Å². The molecule has 0 saturated carbocycles. The highest BCUT2D eigenvalue weighted by atomic mass is 32.2. The van der Waals surface area contributed by atoms with Crippen LogP contribution in [0.1, 0.15) is 51.5 Å². The van der Waals surface area contributed by atoms with Crippen molar-refractivity contribution in [1.82, 2.24) is 4.90 Å². The van der Waals surface area contributed by atoms with Crippen molar-refractivity contribution in [2.24, 2.45) is 0 Å². The number of carbonyl (C=O) groups excluding carboxylic acids is 1. The van der Waals surface area contributed by atoms with Crippen molar-refractivity contribution in [3.05, 3.63) is 35.9 Å². The normalized spacial score (nSPS) is 10.6. The fraction of sp³-hybridized carbons (Fsp3) is 0.611. The fourth-order valence-electron chi connectivity index (χ4n) is 2.14. The summed E-state index contributed by atoms with van der Waals surface area (Å²) < 4.78 is 0. The predicted octanol–water partition coefficient (Wildman–Crippen LogP) is 4.74. The molecule has 0 aliphatic rings. The van der Waals surface area contributed by atoms with Crippen LogP contribution in [0.2, 0.25) is 0 Å². The van der Waals surface area contributed by atoms with E-state index < -0.39 is 0 Å². The number of hydrogen-bond donors (Lipinski definition) is 0. The van der Waals surface area contributed by atoms with Gasteiger partial charge in [-0.25, -0.2) is 0 Å². The first-order valence-corrected chi connectivity index (χ1v) is 9.32. The van der Waals surface area contributed by atoms with Crippen LogP contribution in [0.25, 0.3) is 0 Å². The second-order valence-corrected chi connectivity index (χ2v) is 6.48. The SMILES string of the molecule is CCCCN(CCCC)C(=O)CCSCc1ccccc1. The highest BCUT2D eigenvalue weighted by Crippen LogP contribution is 2.13. The van der Waals surface area contributed by atoms with Gasteiger partial charge < -0.3 is 4.90 Å². The Morgan fingerprint density at radius 1 is 1.05 bits per heavy atom. The van der Waals surface area contributed by atoms with Gasteiger partial charge in [-0.3, -0.25) is 4.79 Å². The summed E-state index contributed by atoms with van der Waals surface area (Å²) in [5.41, 5.74) is 1.34. The molecule has 1 amide bonds. The summed E-state index contributed by atoms with van der Waals surface area (Å²) in [5, 5.41) is 0. The van der Waals surface area contributed by atoms with Crippen molar-refractivity contribution in [2.45, 2.75) is 51.7 Å². The molecule has 0 N–H and O–H groups in total. The van der Waals surface area contributed by atoms with Crippen LogP contribution >= 0.6 is 11.8 Å². The van der Waals surface area contributed by atoms with Crippen molar-refractivity contribution in [2.75, 3.05) is 18.8 Å². The summed E-state index contributed by atoms with van der Waals surface area (Å²) in [7, 11) is 0. The second kappa shape index (κ2) is 11.7. The third-order valence-electron chi connectivity index (χ3n) is 3.49. The average molecular weight is 308 g/mol. The molecule has 1 aromatic carbocycles. The molecule has 0 saturated heterocycles. The van der Waals surface area contributed by atoms with Crippen molar-refractivity contribution in [1.29, 1.82) is 0 Å². The molecule has 0 fully saturated rings. The summed E-state index contributed by atoms with van der Waals surface area (Å²) in [5.74, 6) is 2.25. The Hall–Kier alpha value is -0.960. The van der Waals surface area contributed by atoms with Gasteiger partial charge in [0, 0.05) is 31.0 Å². The maximum absolute atomic E-state index is 12.3. The third kappa shape index (κ3) is 8.15. The molecule has 3 heteroatoms. The summed E-state index contributed by atoms with van der Waals surface area (Å²) in [4.78, 5) is 14.3. The lowest BCUT2D eigenvalue weighted by Crippen LogP contribution is -2.33. The van der Waals surface area contributed by atoms with Crippen LogP contribution < -0.4 is 0 Å². The highest BCUT2D eigenvalue weighted by molar-refractivity contribution is 7.98. The minimum Gasteiger partial charge on any atom is -0.343 e. The average Bonchev–Trinajstić information content (AvgIpc) is 2.52. The van der Waals surface area contributed by atoms with Crippen molar-refractivity contribution < 1.29 is 4.79 Å². The minimum absolute atomic E-state index is 0.331. The van der Waals surface area contributed by atoms with Crippen LogP contribution in [0, 0.1) is 0 Å². The smallest absolute Gasteiger partial charge is 0.223 e. The first kappa shape index (κ1) is 18.1. The van der Waals surface area contributed by atoms with Crippen LogP contribution in [0.3, 0.4) is 0 Å². The van der Waals surface area contributed by atoms with Gasteiger partial charge in [0.25, 0.3) is 0 Å². The molecule has 0 radical (unpaired) electrons. The molecule has 2 nitrogen and oxygen atoms in total. The molecule has 0 aliphatic heterocycles. The van der Waals surface area contributed by atoms with Crippen LogP contribution in [-0.4, -0.2) is 29.6 Å². The molecule has 0 unspecified atom stereocenters. The van der Waals surface area contributed by atoms with E-state index in [1.54, 1.807) is 0 Å². The lowest BCUT2D eigenvalue weighted by molar-refractivity contribution is -0.130. The van der Waals surface area contributed by atoms with E-state index in [4.69, 9.17) is 0 Å². The molecule has 0 bridgehead atoms. The van der Waals surface area contributed by atoms with Gasteiger partial charge in [-0.1, -0.05) is 57.0 Å². The first-order valence-electron chi connectivity index (χ1n) is 8.17. The van der Waals surface area contributed by atoms with E-state index in [1.165, 1.54) is 5.56 Å². The summed E-state index contributed by atoms with van der Waals surface area (Å²) in [6, 6.07) is 10.5. The van der Waals surface area contributed by atoms with Gasteiger partial charge in [-0.15, -0.1) is 0 Å². The lowest BCUT2D eigenvalue weighted by Gasteiger charge is -2.22. The fourth-order valence-corrected chi connectivity index (χ4v) is 3.03. The van der Waals surface area contributed by atoms with Gasteiger partial charge in [0.05, 0.1) is 0 Å². The Balaban J connectivity index is 2.25. The van der Waals surface area contributed by atoms with Crippen LogP contribution in [0.5, 0.6) is 0 Å². The Labute approximate surface area is 134 Å². The number of carbonyl (C=O) groups is 1. The molecular weight excluding hydrogens is 278 g/mol. The second-order valence-electron chi connectivity index (χ2n) is 5.38. The van der Waals surface area contributed by atoms with E-state index in [1.807, 2.05) is 17.8 Å². The number of thioether (sulfide) groups is 1. The monoisotopic (exact) mass is 307 g/mol. The maximum atomic E-state index is 12.3. The number of nitrogens with zero attached hydrogens (tertiary/aromatic N) is 1. The maximum Gasteiger partial charge on any atom is 0.223 e. The molecule has 0 heterocycles. The highest BCUT2D eigenvalue weighted by Gasteiger charge is 2.11. The van der Waals surface area contributed by atoms with E-state index in [2.05, 4.69) is 43.0 Å². The van der Waals surface area contributed by atoms with E-state index in [0.29, 0.717) is 12.3 Å². The van der Waals surface area contributed by atoms with Crippen LogP contribution in [-0.2, 0) is 10.5 Å². The lowest BCUT2D eigenvalue weighted by atomic mass is 10.2. The Bertz CT molecular complexity index is 372. The number of rotatable bonds is 11. The third-order valence-corrected chi connectivity index (χ3v) is 4.52. The van der Waals surface area contributed by atoms with E-state index in [-0.39, 0.29) is 0 Å². The largest absolute Gasteiger partial charge is 0.343 e. The molecular formula is C18H29NOS. The van der Waals surface area contributed by atoms with Crippen molar-refractivity contribution >= 4 is 17.7 Å². The molecule has 118 valence electrons. The summed E-state index contributed by atoms with van der Waals surface area (Å²) >= 11 is 1.85. The van der Waals surface area contributed by atoms with Gasteiger partial charge in [0.2, 0.25) is 5.91 Å². The molecule has 21 heavy (non-hydrogen) atoms. The summed E-state index contributed by atoms with van der Waals surface area (Å²) in [6.45, 7) is 6.22. The number of unbranched alkanes of at least 4 members (excludes halogenated alkanes) is 2. The van der Waals surface area contributed by atoms with Gasteiger partial charge in [0.1, 0.15) is 0 Å². The zero-order valence-corrected chi connectivity index (χ0v) is 14.3. The Morgan fingerprint density at radius 3 is 2.24 bits per heavy atom. The van der Waals surface area contributed by atoms with Crippen LogP contribution in [0.15, 0.2) is 30.3 Å². The number of benzene rings is 1.